The highest BCUT2D eigenvalue weighted by Crippen LogP contribution is 2.24. The molecule has 1 aliphatic heterocycles. The summed E-state index contributed by atoms with van der Waals surface area (Å²) in [6.07, 6.45) is 0.309. The normalized spacial score (nSPS) is 23.2. The van der Waals surface area contributed by atoms with Gasteiger partial charge in [-0.25, -0.2) is 0 Å². The Bertz CT molecular complexity index is 476. The van der Waals surface area contributed by atoms with Crippen molar-refractivity contribution in [2.45, 2.75) is 19.4 Å². The topological polar surface area (TPSA) is 75.8 Å². The van der Waals surface area contributed by atoms with Crippen LogP contribution in [0.1, 0.15) is 23.7 Å². The number of likely N-dealkylation sites (tertiary alicyclic amines) is 1. The first-order chi connectivity index (χ1) is 9.02. The Morgan fingerprint density at radius 1 is 1.53 bits per heavy atom. The lowest BCUT2D eigenvalue weighted by molar-refractivity contribution is 0.0297. The van der Waals surface area contributed by atoms with E-state index in [0.29, 0.717) is 36.5 Å². The number of carbonyl (C=O) groups excluding carboxylic acids is 1. The second-order valence-corrected chi connectivity index (χ2v) is 5.04. The molecule has 1 aromatic rings. The van der Waals surface area contributed by atoms with Crippen molar-refractivity contribution in [2.24, 2.45) is 5.92 Å². The van der Waals surface area contributed by atoms with Crippen LogP contribution in [0.4, 0.5) is 5.69 Å². The number of methoxy groups -OCH3 is 1. The smallest absolute Gasteiger partial charge is 0.254 e. The van der Waals surface area contributed by atoms with E-state index in [1.54, 1.807) is 23.1 Å². The zero-order chi connectivity index (χ0) is 14.0. The van der Waals surface area contributed by atoms with Crippen molar-refractivity contribution in [3.05, 3.63) is 23.8 Å². The van der Waals surface area contributed by atoms with Gasteiger partial charge in [-0.2, -0.15) is 0 Å². The Kier molecular flexibility index (Phi) is 3.95. The van der Waals surface area contributed by atoms with Crippen molar-refractivity contribution in [2.75, 3.05) is 25.9 Å². The van der Waals surface area contributed by atoms with Gasteiger partial charge < -0.3 is 20.5 Å². The summed E-state index contributed by atoms with van der Waals surface area (Å²) in [5, 5.41) is 9.69. The number of nitrogens with zero attached hydrogens (tertiary/aromatic N) is 1. The van der Waals surface area contributed by atoms with Gasteiger partial charge in [0, 0.05) is 18.7 Å². The minimum absolute atomic E-state index is 0.0444. The number of nitrogens with two attached hydrogens (primary N) is 1. The first kappa shape index (κ1) is 13.7. The second kappa shape index (κ2) is 5.48. The number of rotatable bonds is 2. The molecule has 1 amide bonds. The molecule has 2 unspecified atom stereocenters. The molecule has 19 heavy (non-hydrogen) atoms. The summed E-state index contributed by atoms with van der Waals surface area (Å²) in [5.74, 6) is 0.571. The number of anilines is 1. The first-order valence-electron chi connectivity index (χ1n) is 6.43. The quantitative estimate of drug-likeness (QED) is 0.785. The van der Waals surface area contributed by atoms with Gasteiger partial charge in [-0.3, -0.25) is 4.79 Å². The average molecular weight is 264 g/mol. The number of nitrogen functional groups attached to an aromatic ring is 1. The van der Waals surface area contributed by atoms with Gasteiger partial charge in [0.2, 0.25) is 0 Å². The van der Waals surface area contributed by atoms with Gasteiger partial charge >= 0.3 is 0 Å². The van der Waals surface area contributed by atoms with E-state index in [1.807, 2.05) is 6.92 Å². The number of benzene rings is 1. The van der Waals surface area contributed by atoms with Crippen molar-refractivity contribution < 1.29 is 14.6 Å². The third-order valence-electron chi connectivity index (χ3n) is 3.63. The Hall–Kier alpha value is -1.75. The Labute approximate surface area is 113 Å². The molecule has 5 nitrogen and oxygen atoms in total. The van der Waals surface area contributed by atoms with Crippen molar-refractivity contribution >= 4 is 11.6 Å². The van der Waals surface area contributed by atoms with E-state index in [9.17, 15) is 9.90 Å². The maximum absolute atomic E-state index is 12.4. The fourth-order valence-electron chi connectivity index (χ4n) is 2.34. The van der Waals surface area contributed by atoms with E-state index in [4.69, 9.17) is 10.5 Å². The lowest BCUT2D eigenvalue weighted by Gasteiger charge is -2.34. The molecule has 0 bridgehead atoms. The lowest BCUT2D eigenvalue weighted by atomic mass is 9.96. The summed E-state index contributed by atoms with van der Waals surface area (Å²) in [6, 6.07) is 5.04. The van der Waals surface area contributed by atoms with E-state index < -0.39 is 0 Å². The molecule has 2 atom stereocenters. The molecule has 1 fully saturated rings. The molecule has 5 heteroatoms. The number of aliphatic hydroxyl groups excluding tert-OH is 1. The van der Waals surface area contributed by atoms with Crippen LogP contribution in [-0.4, -0.2) is 42.2 Å². The minimum Gasteiger partial charge on any atom is -0.495 e. The number of piperidine rings is 1. The molecular weight excluding hydrogens is 244 g/mol. The molecule has 2 rings (SSSR count). The summed E-state index contributed by atoms with van der Waals surface area (Å²) in [4.78, 5) is 14.1. The van der Waals surface area contributed by atoms with Gasteiger partial charge in [0.1, 0.15) is 5.75 Å². The standard InChI is InChI=1S/C14H20N2O3/c1-9-8-16(6-5-12(9)17)14(18)10-3-4-11(15)13(7-10)19-2/h3-4,7,9,12,17H,5-6,8,15H2,1-2H3. The molecule has 104 valence electrons. The minimum atomic E-state index is -0.315. The van der Waals surface area contributed by atoms with Crippen molar-refractivity contribution in [1.29, 1.82) is 0 Å². The van der Waals surface area contributed by atoms with Gasteiger partial charge in [0.15, 0.2) is 0 Å². The molecule has 0 aliphatic carbocycles. The van der Waals surface area contributed by atoms with Crippen LogP contribution in [0.2, 0.25) is 0 Å². The number of amides is 1. The summed E-state index contributed by atoms with van der Waals surface area (Å²) < 4.78 is 5.13. The predicted octanol–water partition coefficient (Wildman–Crippen LogP) is 1.12. The van der Waals surface area contributed by atoms with Crippen LogP contribution in [0.15, 0.2) is 18.2 Å². The molecule has 3 N–H and O–H groups in total. The van der Waals surface area contributed by atoms with E-state index >= 15 is 0 Å². The van der Waals surface area contributed by atoms with E-state index in [0.717, 1.165) is 0 Å². The van der Waals surface area contributed by atoms with Crippen molar-refractivity contribution in [3.63, 3.8) is 0 Å². The largest absolute Gasteiger partial charge is 0.495 e. The van der Waals surface area contributed by atoms with Gasteiger partial charge in [-0.15, -0.1) is 0 Å². The van der Waals surface area contributed by atoms with Crippen LogP contribution in [0.3, 0.4) is 0 Å². The molecule has 0 aromatic heterocycles. The monoisotopic (exact) mass is 264 g/mol. The molecule has 0 spiro atoms. The first-order valence-corrected chi connectivity index (χ1v) is 6.43. The van der Waals surface area contributed by atoms with Crippen LogP contribution < -0.4 is 10.5 Å². The third kappa shape index (κ3) is 2.81. The Balaban J connectivity index is 2.15. The number of aliphatic hydroxyl groups is 1. The van der Waals surface area contributed by atoms with E-state index in [-0.39, 0.29) is 17.9 Å². The van der Waals surface area contributed by atoms with Gasteiger partial charge in [-0.05, 0) is 30.5 Å². The highest BCUT2D eigenvalue weighted by molar-refractivity contribution is 5.95. The molecule has 0 saturated carbocycles. The maximum atomic E-state index is 12.4. The summed E-state index contributed by atoms with van der Waals surface area (Å²) in [5.41, 5.74) is 6.82. The average Bonchev–Trinajstić information content (AvgIpc) is 2.41. The lowest BCUT2D eigenvalue weighted by Crippen LogP contribution is -2.44. The zero-order valence-corrected chi connectivity index (χ0v) is 11.3. The van der Waals surface area contributed by atoms with Gasteiger partial charge in [0.25, 0.3) is 5.91 Å². The summed E-state index contributed by atoms with van der Waals surface area (Å²) >= 11 is 0. The number of hydrogen-bond donors (Lipinski definition) is 2. The van der Waals surface area contributed by atoms with E-state index in [2.05, 4.69) is 0 Å². The summed E-state index contributed by atoms with van der Waals surface area (Å²) in [7, 11) is 1.53. The van der Waals surface area contributed by atoms with Gasteiger partial charge in [0.05, 0.1) is 18.9 Å². The molecule has 1 heterocycles. The van der Waals surface area contributed by atoms with Crippen LogP contribution in [0.25, 0.3) is 0 Å². The highest BCUT2D eigenvalue weighted by Gasteiger charge is 2.27. The number of ether oxygens (including phenoxy) is 1. The molecular formula is C14H20N2O3. The van der Waals surface area contributed by atoms with E-state index in [1.165, 1.54) is 7.11 Å². The Morgan fingerprint density at radius 3 is 2.89 bits per heavy atom. The highest BCUT2D eigenvalue weighted by atomic mass is 16.5. The van der Waals surface area contributed by atoms with Crippen molar-refractivity contribution in [1.82, 2.24) is 4.90 Å². The number of hydrogen-bond acceptors (Lipinski definition) is 4. The molecule has 0 radical (unpaired) electrons. The predicted molar refractivity (Wildman–Crippen MR) is 73.1 cm³/mol. The van der Waals surface area contributed by atoms with Gasteiger partial charge in [-0.1, -0.05) is 6.92 Å². The molecule has 1 saturated heterocycles. The maximum Gasteiger partial charge on any atom is 0.254 e. The van der Waals surface area contributed by atoms with Crippen LogP contribution in [0.5, 0.6) is 5.75 Å². The summed E-state index contributed by atoms with van der Waals surface area (Å²) in [6.45, 7) is 3.11. The SMILES string of the molecule is COc1cc(C(=O)N2CCC(O)C(C)C2)ccc1N. The Morgan fingerprint density at radius 2 is 2.26 bits per heavy atom. The molecule has 1 aliphatic rings. The van der Waals surface area contributed by atoms with Crippen LogP contribution in [-0.2, 0) is 0 Å². The van der Waals surface area contributed by atoms with Crippen molar-refractivity contribution in [3.8, 4) is 5.75 Å². The second-order valence-electron chi connectivity index (χ2n) is 5.04. The zero-order valence-electron chi connectivity index (χ0n) is 11.3. The fraction of sp³-hybridized carbons (Fsp3) is 0.500. The van der Waals surface area contributed by atoms with Crippen LogP contribution >= 0.6 is 0 Å². The van der Waals surface area contributed by atoms with Crippen LogP contribution in [0, 0.1) is 5.92 Å². The number of carbonyl (C=O) groups is 1. The molecule has 1 aromatic carbocycles. The third-order valence-corrected chi connectivity index (χ3v) is 3.63. The fourth-order valence-corrected chi connectivity index (χ4v) is 2.34.